The molecule has 1 atom stereocenters. The number of likely N-dealkylation sites (tertiary alicyclic amines) is 1. The van der Waals surface area contributed by atoms with Crippen molar-refractivity contribution in [3.8, 4) is 0 Å². The van der Waals surface area contributed by atoms with Crippen molar-refractivity contribution >= 4 is 18.5 Å². The molecule has 0 aromatic heterocycles. The standard InChI is InChI=1S/C13H25NOS/c1-13(2,3)11-5-4-8-14(9-6-11)12(15)7-10-16/h11,16H,4-10H2,1-3H3. The smallest absolute Gasteiger partial charge is 0.223 e. The van der Waals surface area contributed by atoms with E-state index in [0.717, 1.165) is 31.8 Å². The summed E-state index contributed by atoms with van der Waals surface area (Å²) in [5.41, 5.74) is 0.378. The van der Waals surface area contributed by atoms with Crippen LogP contribution in [0.5, 0.6) is 0 Å². The molecule has 94 valence electrons. The molecular formula is C13H25NOS. The summed E-state index contributed by atoms with van der Waals surface area (Å²) in [6, 6.07) is 0. The Hall–Kier alpha value is -0.180. The molecule has 0 aliphatic carbocycles. The number of thiol groups is 1. The predicted molar refractivity (Wildman–Crippen MR) is 71.8 cm³/mol. The molecule has 1 aliphatic rings. The van der Waals surface area contributed by atoms with Gasteiger partial charge in [0.15, 0.2) is 0 Å². The predicted octanol–water partition coefficient (Wildman–Crippen LogP) is 2.98. The molecule has 0 aromatic rings. The van der Waals surface area contributed by atoms with E-state index in [1.54, 1.807) is 0 Å². The Morgan fingerprint density at radius 3 is 2.56 bits per heavy atom. The highest BCUT2D eigenvalue weighted by atomic mass is 32.1. The second kappa shape index (κ2) is 5.95. The van der Waals surface area contributed by atoms with E-state index < -0.39 is 0 Å². The number of hydrogen-bond acceptors (Lipinski definition) is 2. The van der Waals surface area contributed by atoms with Gasteiger partial charge in [0.05, 0.1) is 0 Å². The van der Waals surface area contributed by atoms with Crippen molar-refractivity contribution in [2.75, 3.05) is 18.8 Å². The second-order valence-electron chi connectivity index (χ2n) is 5.85. The van der Waals surface area contributed by atoms with E-state index in [1.807, 2.05) is 4.90 Å². The van der Waals surface area contributed by atoms with Gasteiger partial charge in [-0.2, -0.15) is 12.6 Å². The largest absolute Gasteiger partial charge is 0.343 e. The third-order valence-corrected chi connectivity index (χ3v) is 3.85. The molecule has 0 spiro atoms. The van der Waals surface area contributed by atoms with Crippen LogP contribution in [0.25, 0.3) is 0 Å². The van der Waals surface area contributed by atoms with Crippen LogP contribution in [0.4, 0.5) is 0 Å². The Morgan fingerprint density at radius 1 is 1.31 bits per heavy atom. The summed E-state index contributed by atoms with van der Waals surface area (Å²) >= 11 is 4.12. The van der Waals surface area contributed by atoms with Crippen LogP contribution >= 0.6 is 12.6 Å². The number of nitrogens with zero attached hydrogens (tertiary/aromatic N) is 1. The first kappa shape index (κ1) is 13.9. The van der Waals surface area contributed by atoms with Gasteiger partial charge in [-0.25, -0.2) is 0 Å². The Balaban J connectivity index is 2.49. The fourth-order valence-corrected chi connectivity index (χ4v) is 2.66. The van der Waals surface area contributed by atoms with Crippen LogP contribution in [-0.4, -0.2) is 29.6 Å². The SMILES string of the molecule is CC(C)(C)C1CCCN(C(=O)CCS)CC1. The number of hydrogen-bond donors (Lipinski definition) is 1. The summed E-state index contributed by atoms with van der Waals surface area (Å²) in [5.74, 6) is 1.70. The van der Waals surface area contributed by atoms with Gasteiger partial charge in [-0.15, -0.1) is 0 Å². The molecule has 1 fully saturated rings. The summed E-state index contributed by atoms with van der Waals surface area (Å²) in [7, 11) is 0. The highest BCUT2D eigenvalue weighted by molar-refractivity contribution is 7.80. The maximum absolute atomic E-state index is 11.8. The first-order valence-electron chi connectivity index (χ1n) is 6.34. The van der Waals surface area contributed by atoms with Gasteiger partial charge in [0, 0.05) is 19.5 Å². The first-order valence-corrected chi connectivity index (χ1v) is 6.97. The molecule has 0 bridgehead atoms. The fourth-order valence-electron chi connectivity index (χ4n) is 2.47. The third kappa shape index (κ3) is 4.00. The highest BCUT2D eigenvalue weighted by Crippen LogP contribution is 2.34. The topological polar surface area (TPSA) is 20.3 Å². The molecule has 1 amide bonds. The summed E-state index contributed by atoms with van der Waals surface area (Å²) in [5, 5.41) is 0. The Morgan fingerprint density at radius 2 is 2.00 bits per heavy atom. The van der Waals surface area contributed by atoms with E-state index in [-0.39, 0.29) is 5.91 Å². The molecule has 3 heteroatoms. The quantitative estimate of drug-likeness (QED) is 0.739. The fraction of sp³-hybridized carbons (Fsp3) is 0.923. The number of carbonyl (C=O) groups excluding carboxylic acids is 1. The summed E-state index contributed by atoms with van der Waals surface area (Å²) in [4.78, 5) is 13.8. The van der Waals surface area contributed by atoms with Gasteiger partial charge < -0.3 is 4.90 Å². The zero-order valence-corrected chi connectivity index (χ0v) is 11.7. The molecule has 1 saturated heterocycles. The van der Waals surface area contributed by atoms with Gasteiger partial charge in [0.1, 0.15) is 0 Å². The van der Waals surface area contributed by atoms with E-state index >= 15 is 0 Å². The lowest BCUT2D eigenvalue weighted by Gasteiger charge is -2.29. The average molecular weight is 243 g/mol. The van der Waals surface area contributed by atoms with Crippen molar-refractivity contribution in [1.82, 2.24) is 4.90 Å². The zero-order valence-electron chi connectivity index (χ0n) is 10.8. The lowest BCUT2D eigenvalue weighted by Crippen LogP contribution is -2.32. The lowest BCUT2D eigenvalue weighted by molar-refractivity contribution is -0.130. The van der Waals surface area contributed by atoms with E-state index in [2.05, 4.69) is 33.4 Å². The Bertz CT molecular complexity index is 235. The average Bonchev–Trinajstić information content (AvgIpc) is 2.41. The Kier molecular flexibility index (Phi) is 5.16. The molecule has 1 rings (SSSR count). The van der Waals surface area contributed by atoms with Gasteiger partial charge >= 0.3 is 0 Å². The van der Waals surface area contributed by atoms with Crippen molar-refractivity contribution in [3.63, 3.8) is 0 Å². The van der Waals surface area contributed by atoms with Crippen LogP contribution in [0.3, 0.4) is 0 Å². The van der Waals surface area contributed by atoms with Crippen molar-refractivity contribution in [3.05, 3.63) is 0 Å². The minimum absolute atomic E-state index is 0.282. The summed E-state index contributed by atoms with van der Waals surface area (Å²) in [6.07, 6.45) is 4.15. The highest BCUT2D eigenvalue weighted by Gasteiger charge is 2.28. The molecule has 2 nitrogen and oxygen atoms in total. The van der Waals surface area contributed by atoms with E-state index in [9.17, 15) is 4.79 Å². The van der Waals surface area contributed by atoms with Crippen LogP contribution < -0.4 is 0 Å². The van der Waals surface area contributed by atoms with Crippen LogP contribution in [-0.2, 0) is 4.79 Å². The maximum atomic E-state index is 11.8. The third-order valence-electron chi connectivity index (χ3n) is 3.63. The van der Waals surface area contributed by atoms with Gasteiger partial charge in [-0.3, -0.25) is 4.79 Å². The summed E-state index contributed by atoms with van der Waals surface area (Å²) < 4.78 is 0. The maximum Gasteiger partial charge on any atom is 0.223 e. The van der Waals surface area contributed by atoms with Gasteiger partial charge in [0.2, 0.25) is 5.91 Å². The Labute approximate surface area is 105 Å². The lowest BCUT2D eigenvalue weighted by atomic mass is 9.77. The molecular weight excluding hydrogens is 218 g/mol. The van der Waals surface area contributed by atoms with Crippen molar-refractivity contribution < 1.29 is 4.79 Å². The van der Waals surface area contributed by atoms with E-state index in [0.29, 0.717) is 17.6 Å². The normalized spacial score (nSPS) is 23.0. The van der Waals surface area contributed by atoms with Crippen molar-refractivity contribution in [2.45, 2.75) is 46.5 Å². The van der Waals surface area contributed by atoms with E-state index in [4.69, 9.17) is 0 Å². The first-order chi connectivity index (χ1) is 7.45. The number of rotatable bonds is 2. The monoisotopic (exact) mass is 243 g/mol. The molecule has 0 N–H and O–H groups in total. The van der Waals surface area contributed by atoms with E-state index in [1.165, 1.54) is 6.42 Å². The van der Waals surface area contributed by atoms with Crippen LogP contribution in [0.15, 0.2) is 0 Å². The van der Waals surface area contributed by atoms with Gasteiger partial charge in [-0.1, -0.05) is 20.8 Å². The molecule has 1 unspecified atom stereocenters. The second-order valence-corrected chi connectivity index (χ2v) is 6.30. The molecule has 0 aromatic carbocycles. The minimum atomic E-state index is 0.282. The van der Waals surface area contributed by atoms with Crippen molar-refractivity contribution in [1.29, 1.82) is 0 Å². The number of carbonyl (C=O) groups is 1. The van der Waals surface area contributed by atoms with Crippen LogP contribution in [0.1, 0.15) is 46.5 Å². The molecule has 0 saturated carbocycles. The molecule has 1 heterocycles. The minimum Gasteiger partial charge on any atom is -0.343 e. The van der Waals surface area contributed by atoms with Gasteiger partial charge in [0.25, 0.3) is 0 Å². The van der Waals surface area contributed by atoms with Crippen LogP contribution in [0.2, 0.25) is 0 Å². The number of amides is 1. The molecule has 1 aliphatic heterocycles. The summed E-state index contributed by atoms with van der Waals surface area (Å²) in [6.45, 7) is 8.81. The zero-order chi connectivity index (χ0) is 12.2. The van der Waals surface area contributed by atoms with Crippen LogP contribution in [0, 0.1) is 11.3 Å². The van der Waals surface area contributed by atoms with Gasteiger partial charge in [-0.05, 0) is 36.3 Å². The molecule has 16 heavy (non-hydrogen) atoms. The van der Waals surface area contributed by atoms with Crippen molar-refractivity contribution in [2.24, 2.45) is 11.3 Å². The molecule has 0 radical (unpaired) electrons.